The Morgan fingerprint density at radius 2 is 1.79 bits per heavy atom. The number of ether oxygens (including phenoxy) is 2. The fourth-order valence-corrected chi connectivity index (χ4v) is 3.65. The zero-order chi connectivity index (χ0) is 21.0. The van der Waals surface area contributed by atoms with Gasteiger partial charge in [0.25, 0.3) is 0 Å². The van der Waals surface area contributed by atoms with Crippen molar-refractivity contribution >= 4 is 11.6 Å². The summed E-state index contributed by atoms with van der Waals surface area (Å²) in [6, 6.07) is 13.1. The van der Waals surface area contributed by atoms with Crippen LogP contribution in [0.25, 0.3) is 0 Å². The van der Waals surface area contributed by atoms with Crippen LogP contribution in [0.15, 0.2) is 55.1 Å². The molecule has 4 N–H and O–H groups in total. The van der Waals surface area contributed by atoms with Gasteiger partial charge < -0.3 is 29.9 Å². The van der Waals surface area contributed by atoms with E-state index in [1.807, 2.05) is 30.3 Å². The third kappa shape index (κ3) is 4.80. The van der Waals surface area contributed by atoms with Crippen molar-refractivity contribution in [3.05, 3.63) is 76.8 Å². The van der Waals surface area contributed by atoms with E-state index in [4.69, 9.17) is 21.1 Å². The summed E-state index contributed by atoms with van der Waals surface area (Å²) < 4.78 is 11.4. The Hall–Kier alpha value is -1.93. The summed E-state index contributed by atoms with van der Waals surface area (Å²) >= 11 is 6.56. The Labute approximate surface area is 174 Å². The molecule has 7 heteroatoms. The Kier molecular flexibility index (Phi) is 7.29. The smallest absolute Gasteiger partial charge is 0.139 e. The fraction of sp³-hybridized carbons (Fsp3) is 0.364. The van der Waals surface area contributed by atoms with Gasteiger partial charge in [0.2, 0.25) is 0 Å². The fourth-order valence-electron chi connectivity index (χ4n) is 3.42. The number of rotatable bonds is 7. The highest BCUT2D eigenvalue weighted by Crippen LogP contribution is 2.38. The molecule has 0 bridgehead atoms. The van der Waals surface area contributed by atoms with Crippen molar-refractivity contribution in [2.24, 2.45) is 0 Å². The average molecular weight is 421 g/mol. The van der Waals surface area contributed by atoms with Crippen LogP contribution in [0.1, 0.15) is 22.8 Å². The molecule has 6 nitrogen and oxygen atoms in total. The lowest BCUT2D eigenvalue weighted by Crippen LogP contribution is -2.55. The predicted octanol–water partition coefficient (Wildman–Crippen LogP) is 2.01. The third-order valence-electron chi connectivity index (χ3n) is 4.95. The standard InChI is InChI=1S/C22H25ClO6/c1-2-8-28-16-11-15(22-21(27)20(26)19(25)17(12-24)29-22)10-14(18(16)23)9-13-6-4-3-5-7-13/h2-7,10-11,17,19-22,24-27H,1,8-9,12H2/t17?,19-,20?,21-,22+/m1/s1. The van der Waals surface area contributed by atoms with Crippen molar-refractivity contribution in [1.82, 2.24) is 0 Å². The molecule has 0 amide bonds. The van der Waals surface area contributed by atoms with Crippen LogP contribution < -0.4 is 4.74 Å². The van der Waals surface area contributed by atoms with Gasteiger partial charge >= 0.3 is 0 Å². The number of aliphatic hydroxyl groups is 4. The first-order valence-electron chi connectivity index (χ1n) is 9.36. The second kappa shape index (κ2) is 9.71. The molecule has 0 aliphatic carbocycles. The second-order valence-corrected chi connectivity index (χ2v) is 7.38. The minimum Gasteiger partial charge on any atom is -0.488 e. The molecule has 0 aromatic heterocycles. The van der Waals surface area contributed by atoms with Gasteiger partial charge in [0.15, 0.2) is 0 Å². The number of benzene rings is 2. The summed E-state index contributed by atoms with van der Waals surface area (Å²) in [5.74, 6) is 0.395. The van der Waals surface area contributed by atoms with Crippen LogP contribution in [0.5, 0.6) is 5.75 Å². The molecule has 1 aliphatic heterocycles. The minimum atomic E-state index is -1.46. The summed E-state index contributed by atoms with van der Waals surface area (Å²) in [6.07, 6.45) is -4.11. The van der Waals surface area contributed by atoms with Crippen LogP contribution >= 0.6 is 11.6 Å². The van der Waals surface area contributed by atoms with Crippen LogP contribution in [0.4, 0.5) is 0 Å². The molecule has 0 saturated carbocycles. The van der Waals surface area contributed by atoms with Crippen molar-refractivity contribution in [2.75, 3.05) is 13.2 Å². The summed E-state index contributed by atoms with van der Waals surface area (Å²) in [4.78, 5) is 0. The highest BCUT2D eigenvalue weighted by molar-refractivity contribution is 6.32. The first-order valence-corrected chi connectivity index (χ1v) is 9.74. The molecule has 0 spiro atoms. The number of hydrogen-bond donors (Lipinski definition) is 4. The molecule has 156 valence electrons. The largest absolute Gasteiger partial charge is 0.488 e. The molecule has 1 saturated heterocycles. The van der Waals surface area contributed by atoms with Crippen molar-refractivity contribution < 1.29 is 29.9 Å². The summed E-state index contributed by atoms with van der Waals surface area (Å²) in [5.41, 5.74) is 2.32. The normalized spacial score (nSPS) is 26.9. The maximum absolute atomic E-state index is 10.5. The number of hydrogen-bond acceptors (Lipinski definition) is 6. The van der Waals surface area contributed by atoms with E-state index in [0.29, 0.717) is 22.8 Å². The zero-order valence-electron chi connectivity index (χ0n) is 15.8. The molecule has 29 heavy (non-hydrogen) atoms. The van der Waals surface area contributed by atoms with Gasteiger partial charge in [-0.2, -0.15) is 0 Å². The topological polar surface area (TPSA) is 99.4 Å². The average Bonchev–Trinajstić information content (AvgIpc) is 2.73. The summed E-state index contributed by atoms with van der Waals surface area (Å²) in [6.45, 7) is 3.38. The summed E-state index contributed by atoms with van der Waals surface area (Å²) in [7, 11) is 0. The van der Waals surface area contributed by atoms with Gasteiger partial charge in [-0.05, 0) is 29.2 Å². The van der Waals surface area contributed by atoms with E-state index in [1.165, 1.54) is 0 Å². The van der Waals surface area contributed by atoms with Crippen molar-refractivity contribution in [1.29, 1.82) is 0 Å². The molecule has 1 fully saturated rings. The lowest BCUT2D eigenvalue weighted by molar-refractivity contribution is -0.231. The van der Waals surface area contributed by atoms with Crippen molar-refractivity contribution in [3.63, 3.8) is 0 Å². The molecule has 2 unspecified atom stereocenters. The van der Waals surface area contributed by atoms with Crippen LogP contribution in [0, 0.1) is 0 Å². The minimum absolute atomic E-state index is 0.239. The van der Waals surface area contributed by atoms with Gasteiger partial charge in [0.05, 0.1) is 11.6 Å². The molecular formula is C22H25ClO6. The van der Waals surface area contributed by atoms with Crippen molar-refractivity contribution in [2.45, 2.75) is 36.9 Å². The van der Waals surface area contributed by atoms with Gasteiger partial charge in [-0.25, -0.2) is 0 Å². The van der Waals surface area contributed by atoms with Gasteiger partial charge in [0.1, 0.15) is 42.9 Å². The van der Waals surface area contributed by atoms with Crippen LogP contribution in [-0.2, 0) is 11.2 Å². The summed E-state index contributed by atoms with van der Waals surface area (Å²) in [5, 5.41) is 40.6. The maximum atomic E-state index is 10.5. The first kappa shape index (κ1) is 21.8. The van der Waals surface area contributed by atoms with Gasteiger partial charge in [-0.15, -0.1) is 0 Å². The van der Waals surface area contributed by atoms with Gasteiger partial charge in [0, 0.05) is 0 Å². The first-order chi connectivity index (χ1) is 14.0. The Morgan fingerprint density at radius 3 is 2.45 bits per heavy atom. The number of aliphatic hydroxyl groups excluding tert-OH is 4. The monoisotopic (exact) mass is 420 g/mol. The Bertz CT molecular complexity index is 826. The molecule has 3 rings (SSSR count). The third-order valence-corrected chi connectivity index (χ3v) is 5.38. The van der Waals surface area contributed by atoms with E-state index in [-0.39, 0.29) is 6.61 Å². The van der Waals surface area contributed by atoms with E-state index in [0.717, 1.165) is 11.1 Å². The molecular weight excluding hydrogens is 396 g/mol. The van der Waals surface area contributed by atoms with Crippen LogP contribution in [0.3, 0.4) is 0 Å². The van der Waals surface area contributed by atoms with E-state index < -0.39 is 37.1 Å². The molecule has 1 aliphatic rings. The molecule has 1 heterocycles. The van der Waals surface area contributed by atoms with Crippen LogP contribution in [-0.4, -0.2) is 58.1 Å². The molecule has 5 atom stereocenters. The molecule has 0 radical (unpaired) electrons. The van der Waals surface area contributed by atoms with E-state index in [1.54, 1.807) is 18.2 Å². The van der Waals surface area contributed by atoms with E-state index >= 15 is 0 Å². The quantitative estimate of drug-likeness (QED) is 0.511. The second-order valence-electron chi connectivity index (χ2n) is 7.00. The number of halogens is 1. The van der Waals surface area contributed by atoms with Gasteiger partial charge in [-0.1, -0.05) is 60.7 Å². The zero-order valence-corrected chi connectivity index (χ0v) is 16.6. The lowest BCUT2D eigenvalue weighted by atomic mass is 9.90. The lowest BCUT2D eigenvalue weighted by Gasteiger charge is -2.40. The Balaban J connectivity index is 2.00. The Morgan fingerprint density at radius 1 is 1.07 bits per heavy atom. The van der Waals surface area contributed by atoms with E-state index in [2.05, 4.69) is 6.58 Å². The molecule has 2 aromatic rings. The van der Waals surface area contributed by atoms with Crippen LogP contribution in [0.2, 0.25) is 5.02 Å². The highest BCUT2D eigenvalue weighted by Gasteiger charge is 2.44. The SMILES string of the molecule is C=CCOc1cc([C@@H]2OC(CO)[C@@H](O)C(O)[C@H]2O)cc(Cc2ccccc2)c1Cl. The predicted molar refractivity (Wildman–Crippen MR) is 109 cm³/mol. The van der Waals surface area contributed by atoms with Gasteiger partial charge in [-0.3, -0.25) is 0 Å². The van der Waals surface area contributed by atoms with Crippen molar-refractivity contribution in [3.8, 4) is 5.75 Å². The maximum Gasteiger partial charge on any atom is 0.139 e. The van der Waals surface area contributed by atoms with E-state index in [9.17, 15) is 20.4 Å². The molecule has 2 aromatic carbocycles. The highest BCUT2D eigenvalue weighted by atomic mass is 35.5.